The summed E-state index contributed by atoms with van der Waals surface area (Å²) >= 11 is 0. The van der Waals surface area contributed by atoms with Crippen molar-refractivity contribution in [2.24, 2.45) is 0 Å². The Kier molecular flexibility index (Phi) is 6.36. The number of carbonyl (C=O) groups is 3. The fourth-order valence-corrected chi connectivity index (χ4v) is 3.02. The number of furan rings is 1. The van der Waals surface area contributed by atoms with E-state index in [1.54, 1.807) is 30.5 Å². The van der Waals surface area contributed by atoms with E-state index in [0.717, 1.165) is 17.1 Å². The molecule has 3 rings (SSSR count). The van der Waals surface area contributed by atoms with Crippen molar-refractivity contribution >= 4 is 23.5 Å². The van der Waals surface area contributed by atoms with Crippen LogP contribution >= 0.6 is 0 Å². The van der Waals surface area contributed by atoms with E-state index in [-0.39, 0.29) is 0 Å². The van der Waals surface area contributed by atoms with Gasteiger partial charge < -0.3 is 23.8 Å². The fourth-order valence-electron chi connectivity index (χ4n) is 3.02. The lowest BCUT2D eigenvalue weighted by atomic mass is 10.2. The number of methoxy groups -OCH3 is 1. The molecule has 0 aliphatic carbocycles. The third kappa shape index (κ3) is 4.78. The second kappa shape index (κ2) is 9.13. The topological polar surface area (TPSA) is 99.8 Å². The van der Waals surface area contributed by atoms with Crippen molar-refractivity contribution in [3.63, 3.8) is 0 Å². The van der Waals surface area contributed by atoms with Crippen molar-refractivity contribution in [3.8, 4) is 0 Å². The number of hydrogen-bond acceptors (Lipinski definition) is 6. The van der Waals surface area contributed by atoms with Gasteiger partial charge >= 0.3 is 11.9 Å². The zero-order chi connectivity index (χ0) is 21.7. The number of amides is 1. The van der Waals surface area contributed by atoms with Crippen LogP contribution in [0, 0.1) is 13.8 Å². The van der Waals surface area contributed by atoms with Gasteiger partial charge in [-0.05, 0) is 56.3 Å². The molecule has 0 saturated carbocycles. The van der Waals surface area contributed by atoms with Gasteiger partial charge in [0.15, 0.2) is 6.61 Å². The van der Waals surface area contributed by atoms with Crippen LogP contribution in [0.25, 0.3) is 0 Å². The van der Waals surface area contributed by atoms with Gasteiger partial charge in [-0.25, -0.2) is 9.59 Å². The molecule has 30 heavy (non-hydrogen) atoms. The Hall–Kier alpha value is -3.81. The van der Waals surface area contributed by atoms with Crippen LogP contribution < -0.4 is 5.32 Å². The number of nitrogens with one attached hydrogen (secondary N) is 1. The molecule has 2 heterocycles. The molecule has 0 bridgehead atoms. The Balaban J connectivity index is 1.57. The van der Waals surface area contributed by atoms with Gasteiger partial charge in [-0.2, -0.15) is 0 Å². The highest BCUT2D eigenvalue weighted by Crippen LogP contribution is 2.18. The second-order valence-electron chi connectivity index (χ2n) is 6.64. The molecule has 2 aromatic heterocycles. The third-order valence-electron chi connectivity index (χ3n) is 4.61. The number of nitrogens with zero attached hydrogens (tertiary/aromatic N) is 1. The minimum atomic E-state index is -0.579. The van der Waals surface area contributed by atoms with Crippen LogP contribution in [0.4, 0.5) is 5.69 Å². The van der Waals surface area contributed by atoms with Crippen LogP contribution in [0.1, 0.15) is 37.9 Å². The summed E-state index contributed by atoms with van der Waals surface area (Å²) in [5.74, 6) is -0.760. The standard InChI is InChI=1S/C22H22N2O6/c1-14-11-19(15(2)24(14)12-18-5-4-10-29-18)22(27)30-13-20(25)23-17-8-6-16(7-9-17)21(26)28-3/h4-11H,12-13H2,1-3H3,(H,23,25). The summed E-state index contributed by atoms with van der Waals surface area (Å²) in [6, 6.07) is 11.6. The number of hydrogen-bond donors (Lipinski definition) is 1. The van der Waals surface area contributed by atoms with Crippen molar-refractivity contribution in [1.29, 1.82) is 0 Å². The summed E-state index contributed by atoms with van der Waals surface area (Å²) in [7, 11) is 1.29. The summed E-state index contributed by atoms with van der Waals surface area (Å²) in [4.78, 5) is 36.0. The molecular formula is C22H22N2O6. The monoisotopic (exact) mass is 410 g/mol. The van der Waals surface area contributed by atoms with Gasteiger partial charge in [-0.3, -0.25) is 4.79 Å². The van der Waals surface area contributed by atoms with Crippen molar-refractivity contribution in [2.75, 3.05) is 19.0 Å². The van der Waals surface area contributed by atoms with Crippen LogP contribution in [0.3, 0.4) is 0 Å². The maximum atomic E-state index is 12.5. The molecule has 8 nitrogen and oxygen atoms in total. The van der Waals surface area contributed by atoms with Gasteiger partial charge in [0.1, 0.15) is 5.76 Å². The lowest BCUT2D eigenvalue weighted by molar-refractivity contribution is -0.119. The second-order valence-corrected chi connectivity index (χ2v) is 6.64. The molecule has 0 aliphatic heterocycles. The minimum Gasteiger partial charge on any atom is -0.467 e. The predicted molar refractivity (Wildman–Crippen MR) is 108 cm³/mol. The number of benzene rings is 1. The van der Waals surface area contributed by atoms with Gasteiger partial charge in [-0.15, -0.1) is 0 Å². The highest BCUT2D eigenvalue weighted by atomic mass is 16.5. The third-order valence-corrected chi connectivity index (χ3v) is 4.61. The van der Waals surface area contributed by atoms with Gasteiger partial charge in [0.2, 0.25) is 0 Å². The molecule has 0 saturated heterocycles. The summed E-state index contributed by atoms with van der Waals surface area (Å²) in [5, 5.41) is 2.61. The maximum Gasteiger partial charge on any atom is 0.340 e. The van der Waals surface area contributed by atoms with E-state index in [1.165, 1.54) is 19.2 Å². The quantitative estimate of drug-likeness (QED) is 0.600. The van der Waals surface area contributed by atoms with Crippen LogP contribution in [-0.4, -0.2) is 36.1 Å². The van der Waals surface area contributed by atoms with E-state index in [4.69, 9.17) is 9.15 Å². The molecule has 0 unspecified atom stereocenters. The van der Waals surface area contributed by atoms with Gasteiger partial charge in [0.05, 0.1) is 31.0 Å². The number of aromatic nitrogens is 1. The van der Waals surface area contributed by atoms with Gasteiger partial charge in [0, 0.05) is 17.1 Å². The van der Waals surface area contributed by atoms with Crippen LogP contribution in [0.15, 0.2) is 53.1 Å². The first-order valence-corrected chi connectivity index (χ1v) is 9.23. The molecule has 1 amide bonds. The summed E-state index contributed by atoms with van der Waals surface area (Å²) in [6.45, 7) is 3.77. The molecular weight excluding hydrogens is 388 g/mol. The minimum absolute atomic E-state index is 0.367. The Morgan fingerprint density at radius 1 is 1.07 bits per heavy atom. The van der Waals surface area contributed by atoms with Crippen molar-refractivity contribution in [1.82, 2.24) is 4.57 Å². The zero-order valence-electron chi connectivity index (χ0n) is 16.9. The van der Waals surface area contributed by atoms with Crippen LogP contribution in [0.2, 0.25) is 0 Å². The SMILES string of the molecule is COC(=O)c1ccc(NC(=O)COC(=O)c2cc(C)n(Cc3ccco3)c2C)cc1. The van der Waals surface area contributed by atoms with Crippen LogP contribution in [-0.2, 0) is 20.8 Å². The maximum absolute atomic E-state index is 12.5. The van der Waals surface area contributed by atoms with Crippen molar-refractivity contribution < 1.29 is 28.3 Å². The van der Waals surface area contributed by atoms with Gasteiger partial charge in [-0.1, -0.05) is 0 Å². The smallest absolute Gasteiger partial charge is 0.340 e. The average Bonchev–Trinajstić information content (AvgIpc) is 3.36. The molecule has 1 aromatic carbocycles. The average molecular weight is 410 g/mol. The van der Waals surface area contributed by atoms with E-state index in [9.17, 15) is 14.4 Å². The molecule has 1 N–H and O–H groups in total. The Labute approximate surface area is 173 Å². The normalized spacial score (nSPS) is 10.5. The molecule has 0 spiro atoms. The number of anilines is 1. The van der Waals surface area contributed by atoms with E-state index >= 15 is 0 Å². The van der Waals surface area contributed by atoms with E-state index < -0.39 is 24.5 Å². The van der Waals surface area contributed by atoms with E-state index in [1.807, 2.05) is 24.5 Å². The molecule has 0 radical (unpaired) electrons. The van der Waals surface area contributed by atoms with Crippen molar-refractivity contribution in [2.45, 2.75) is 20.4 Å². The molecule has 8 heteroatoms. The van der Waals surface area contributed by atoms with Crippen molar-refractivity contribution in [3.05, 3.63) is 77.0 Å². The lowest BCUT2D eigenvalue weighted by Crippen LogP contribution is -2.21. The first-order chi connectivity index (χ1) is 14.4. The Bertz CT molecular complexity index is 1050. The Morgan fingerprint density at radius 3 is 2.43 bits per heavy atom. The predicted octanol–water partition coefficient (Wildman–Crippen LogP) is 3.33. The highest BCUT2D eigenvalue weighted by molar-refractivity contribution is 5.96. The van der Waals surface area contributed by atoms with E-state index in [2.05, 4.69) is 10.1 Å². The molecule has 0 fully saturated rings. The summed E-state index contributed by atoms with van der Waals surface area (Å²) < 4.78 is 17.1. The van der Waals surface area contributed by atoms with Crippen LogP contribution in [0.5, 0.6) is 0 Å². The molecule has 156 valence electrons. The lowest BCUT2D eigenvalue weighted by Gasteiger charge is -2.09. The number of rotatable bonds is 7. The van der Waals surface area contributed by atoms with Gasteiger partial charge in [0.25, 0.3) is 5.91 Å². The number of ether oxygens (including phenoxy) is 2. The summed E-state index contributed by atoms with van der Waals surface area (Å²) in [5.41, 5.74) is 2.85. The highest BCUT2D eigenvalue weighted by Gasteiger charge is 2.19. The first-order valence-electron chi connectivity index (χ1n) is 9.23. The number of carbonyl (C=O) groups excluding carboxylic acids is 3. The molecule has 0 aliphatic rings. The first kappa shape index (κ1) is 20.9. The van der Waals surface area contributed by atoms with E-state index in [0.29, 0.717) is 23.4 Å². The Morgan fingerprint density at radius 2 is 1.80 bits per heavy atom. The molecule has 3 aromatic rings. The number of aryl methyl sites for hydroxylation is 1. The number of esters is 2. The zero-order valence-corrected chi connectivity index (χ0v) is 16.9. The summed E-state index contributed by atoms with van der Waals surface area (Å²) in [6.07, 6.45) is 1.60. The largest absolute Gasteiger partial charge is 0.467 e. The molecule has 0 atom stereocenters. The fraction of sp³-hybridized carbons (Fsp3) is 0.227.